The fourth-order valence-corrected chi connectivity index (χ4v) is 1.48. The first kappa shape index (κ1) is 15.7. The molecule has 0 bridgehead atoms. The van der Waals surface area contributed by atoms with Gasteiger partial charge in [0.15, 0.2) is 5.82 Å². The van der Waals surface area contributed by atoms with E-state index in [1.54, 1.807) is 0 Å². The molecule has 0 aliphatic heterocycles. The molecular formula is C13H24N4O2. The Bertz CT molecular complexity index is 334. The molecule has 0 atom stereocenters. The second kappa shape index (κ2) is 9.52. The number of aliphatic hydroxyl groups excluding tert-OH is 1. The fraction of sp³-hybridized carbons (Fsp3) is 0.692. The van der Waals surface area contributed by atoms with Crippen molar-refractivity contribution in [3.8, 4) is 0 Å². The van der Waals surface area contributed by atoms with E-state index in [4.69, 9.17) is 9.84 Å². The summed E-state index contributed by atoms with van der Waals surface area (Å²) in [5, 5.41) is 15.2. The molecule has 0 fully saturated rings. The van der Waals surface area contributed by atoms with Gasteiger partial charge in [0, 0.05) is 32.4 Å². The van der Waals surface area contributed by atoms with Gasteiger partial charge < -0.3 is 20.5 Å². The van der Waals surface area contributed by atoms with Crippen LogP contribution in [0.1, 0.15) is 32.5 Å². The highest BCUT2D eigenvalue weighted by Crippen LogP contribution is 2.12. The Morgan fingerprint density at radius 2 is 1.84 bits per heavy atom. The predicted octanol–water partition coefficient (Wildman–Crippen LogP) is 1.63. The minimum absolute atomic E-state index is 0.171. The molecule has 0 aromatic carbocycles. The molecule has 1 rings (SSSR count). The van der Waals surface area contributed by atoms with Crippen LogP contribution < -0.4 is 10.6 Å². The molecule has 3 N–H and O–H groups in total. The van der Waals surface area contributed by atoms with E-state index in [2.05, 4.69) is 27.5 Å². The molecule has 0 saturated heterocycles. The van der Waals surface area contributed by atoms with Crippen LogP contribution in [0, 0.1) is 0 Å². The zero-order valence-corrected chi connectivity index (χ0v) is 11.8. The van der Waals surface area contributed by atoms with Crippen molar-refractivity contribution in [1.29, 1.82) is 0 Å². The molecule has 0 spiro atoms. The highest BCUT2D eigenvalue weighted by atomic mass is 16.5. The van der Waals surface area contributed by atoms with E-state index in [1.165, 1.54) is 0 Å². The predicted molar refractivity (Wildman–Crippen MR) is 76.3 cm³/mol. The fourth-order valence-electron chi connectivity index (χ4n) is 1.48. The molecule has 0 amide bonds. The van der Waals surface area contributed by atoms with Gasteiger partial charge in [0.2, 0.25) is 0 Å². The second-order valence-corrected chi connectivity index (χ2v) is 4.12. The van der Waals surface area contributed by atoms with E-state index in [0.717, 1.165) is 24.6 Å². The largest absolute Gasteiger partial charge is 0.396 e. The Morgan fingerprint density at radius 3 is 2.42 bits per heavy atom. The van der Waals surface area contributed by atoms with Gasteiger partial charge in [0.1, 0.15) is 18.2 Å². The van der Waals surface area contributed by atoms with Crippen LogP contribution in [-0.4, -0.2) is 41.4 Å². The maximum Gasteiger partial charge on any atom is 0.158 e. The Hall–Kier alpha value is -1.40. The number of anilines is 2. The van der Waals surface area contributed by atoms with E-state index < -0.39 is 0 Å². The van der Waals surface area contributed by atoms with Gasteiger partial charge in [-0.15, -0.1) is 0 Å². The summed E-state index contributed by atoms with van der Waals surface area (Å²) in [6.07, 6.45) is 1.74. The number of nitrogens with zero attached hydrogens (tertiary/aromatic N) is 2. The zero-order valence-electron chi connectivity index (χ0n) is 11.8. The lowest BCUT2D eigenvalue weighted by molar-refractivity contribution is 0.128. The smallest absolute Gasteiger partial charge is 0.158 e. The molecule has 6 heteroatoms. The van der Waals surface area contributed by atoms with Crippen molar-refractivity contribution in [1.82, 2.24) is 9.97 Å². The maximum absolute atomic E-state index is 8.78. The van der Waals surface area contributed by atoms with Crippen LogP contribution in [0.4, 0.5) is 11.6 Å². The molecule has 1 aromatic rings. The molecule has 0 aliphatic rings. The molecule has 0 radical (unpaired) electrons. The number of aliphatic hydroxyl groups is 1. The van der Waals surface area contributed by atoms with Crippen molar-refractivity contribution < 1.29 is 9.84 Å². The average molecular weight is 268 g/mol. The van der Waals surface area contributed by atoms with Gasteiger partial charge in [-0.3, -0.25) is 0 Å². The zero-order chi connectivity index (χ0) is 13.9. The van der Waals surface area contributed by atoms with E-state index in [1.807, 2.05) is 13.0 Å². The summed E-state index contributed by atoms with van der Waals surface area (Å²) in [7, 11) is 0. The summed E-state index contributed by atoms with van der Waals surface area (Å²) in [6.45, 7) is 6.84. The highest BCUT2D eigenvalue weighted by Gasteiger charge is 2.04. The van der Waals surface area contributed by atoms with Gasteiger partial charge in [-0.05, 0) is 19.8 Å². The highest BCUT2D eigenvalue weighted by molar-refractivity contribution is 5.47. The van der Waals surface area contributed by atoms with E-state index in [9.17, 15) is 0 Å². The Kier molecular flexibility index (Phi) is 7.84. The lowest BCUT2D eigenvalue weighted by Crippen LogP contribution is -2.11. The first-order valence-corrected chi connectivity index (χ1v) is 6.84. The number of nitrogens with one attached hydrogen (secondary N) is 2. The van der Waals surface area contributed by atoms with Gasteiger partial charge >= 0.3 is 0 Å². The normalized spacial score (nSPS) is 10.5. The van der Waals surface area contributed by atoms with Crippen molar-refractivity contribution in [3.05, 3.63) is 11.9 Å². The minimum Gasteiger partial charge on any atom is -0.396 e. The lowest BCUT2D eigenvalue weighted by Gasteiger charge is -2.10. The van der Waals surface area contributed by atoms with Gasteiger partial charge in [0.05, 0.1) is 0 Å². The lowest BCUT2D eigenvalue weighted by atomic mass is 10.4. The second-order valence-electron chi connectivity index (χ2n) is 4.12. The Labute approximate surface area is 114 Å². The maximum atomic E-state index is 8.78. The van der Waals surface area contributed by atoms with Crippen LogP contribution >= 0.6 is 0 Å². The summed E-state index contributed by atoms with van der Waals surface area (Å²) in [4.78, 5) is 8.78. The van der Waals surface area contributed by atoms with Crippen molar-refractivity contribution in [3.63, 3.8) is 0 Å². The molecule has 6 nitrogen and oxygen atoms in total. The number of hydrogen-bond donors (Lipinski definition) is 3. The summed E-state index contributed by atoms with van der Waals surface area (Å²) in [5.41, 5.74) is 0. The van der Waals surface area contributed by atoms with Crippen LogP contribution in [0.3, 0.4) is 0 Å². The standard InChI is InChI=1S/C13H24N4O2/c1-3-6-14-11-9-12(15-7-5-8-18)17-13(16-11)10-19-4-2/h9,18H,3-8,10H2,1-2H3,(H2,14,15,16,17). The Balaban J connectivity index is 2.70. The molecule has 19 heavy (non-hydrogen) atoms. The number of hydrogen-bond acceptors (Lipinski definition) is 6. The quantitative estimate of drug-likeness (QED) is 0.560. The van der Waals surface area contributed by atoms with Crippen LogP contribution in [-0.2, 0) is 11.3 Å². The van der Waals surface area contributed by atoms with E-state index in [0.29, 0.717) is 32.0 Å². The molecule has 1 aromatic heterocycles. The monoisotopic (exact) mass is 268 g/mol. The number of ether oxygens (including phenoxy) is 1. The summed E-state index contributed by atoms with van der Waals surface area (Å²) >= 11 is 0. The first-order chi connectivity index (χ1) is 9.30. The molecule has 0 aliphatic carbocycles. The van der Waals surface area contributed by atoms with Crippen LogP contribution in [0.5, 0.6) is 0 Å². The van der Waals surface area contributed by atoms with Crippen LogP contribution in [0.2, 0.25) is 0 Å². The third kappa shape index (κ3) is 6.35. The SMILES string of the molecule is CCCNc1cc(NCCCO)nc(COCC)n1. The van der Waals surface area contributed by atoms with E-state index in [-0.39, 0.29) is 6.61 Å². The average Bonchev–Trinajstić information content (AvgIpc) is 2.43. The number of rotatable bonds is 10. The molecule has 0 saturated carbocycles. The van der Waals surface area contributed by atoms with Crippen molar-refractivity contribution >= 4 is 11.6 Å². The minimum atomic E-state index is 0.171. The van der Waals surface area contributed by atoms with Crippen molar-refractivity contribution in [2.45, 2.75) is 33.3 Å². The Morgan fingerprint density at radius 1 is 1.16 bits per heavy atom. The van der Waals surface area contributed by atoms with Crippen LogP contribution in [0.15, 0.2) is 6.07 Å². The van der Waals surface area contributed by atoms with Crippen molar-refractivity contribution in [2.24, 2.45) is 0 Å². The summed E-state index contributed by atoms with van der Waals surface area (Å²) < 4.78 is 5.34. The first-order valence-electron chi connectivity index (χ1n) is 6.84. The van der Waals surface area contributed by atoms with Gasteiger partial charge in [-0.25, -0.2) is 9.97 Å². The molecule has 1 heterocycles. The van der Waals surface area contributed by atoms with Gasteiger partial charge in [-0.1, -0.05) is 6.92 Å². The third-order valence-electron chi connectivity index (χ3n) is 2.40. The molecule has 108 valence electrons. The molecule has 0 unspecified atom stereocenters. The molecular weight excluding hydrogens is 244 g/mol. The number of aromatic nitrogens is 2. The van der Waals surface area contributed by atoms with Gasteiger partial charge in [0.25, 0.3) is 0 Å². The van der Waals surface area contributed by atoms with Gasteiger partial charge in [-0.2, -0.15) is 0 Å². The van der Waals surface area contributed by atoms with Crippen LogP contribution in [0.25, 0.3) is 0 Å². The third-order valence-corrected chi connectivity index (χ3v) is 2.40. The summed E-state index contributed by atoms with van der Waals surface area (Å²) in [5.74, 6) is 2.23. The topological polar surface area (TPSA) is 79.3 Å². The van der Waals surface area contributed by atoms with E-state index >= 15 is 0 Å². The van der Waals surface area contributed by atoms with Crippen molar-refractivity contribution in [2.75, 3.05) is 36.9 Å². The summed E-state index contributed by atoms with van der Waals surface area (Å²) in [6, 6.07) is 1.88.